The van der Waals surface area contributed by atoms with Gasteiger partial charge in [-0.05, 0) is 0 Å². The Labute approximate surface area is 117 Å². The maximum absolute atomic E-state index is 11.6. The molecule has 0 bridgehead atoms. The fourth-order valence-electron chi connectivity index (χ4n) is 2.17. The molecular weight excluding hydrogens is 288 g/mol. The first-order chi connectivity index (χ1) is 9.86. The molecule has 0 spiro atoms. The largest absolute Gasteiger partial charge is 0.394 e. The van der Waals surface area contributed by atoms with Gasteiger partial charge in [0.2, 0.25) is 0 Å². The second kappa shape index (κ2) is 6.05. The summed E-state index contributed by atoms with van der Waals surface area (Å²) in [6, 6.07) is 0.981. The summed E-state index contributed by atoms with van der Waals surface area (Å²) in [4.78, 5) is 24.5. The molecule has 21 heavy (non-hydrogen) atoms. The summed E-state index contributed by atoms with van der Waals surface area (Å²) in [5, 5.41) is 48.2. The minimum Gasteiger partial charge on any atom is -0.394 e. The van der Waals surface area contributed by atoms with Crippen molar-refractivity contribution in [3.8, 4) is 0 Å². The van der Waals surface area contributed by atoms with Gasteiger partial charge in [0, 0.05) is 12.3 Å². The molecule has 6 atom stereocenters. The average molecular weight is 304 g/mol. The Kier molecular flexibility index (Phi) is 4.56. The molecule has 118 valence electrons. The van der Waals surface area contributed by atoms with Crippen LogP contribution in [0, 0.1) is 0 Å². The average Bonchev–Trinajstić information content (AvgIpc) is 2.44. The van der Waals surface area contributed by atoms with Gasteiger partial charge in [-0.25, -0.2) is 4.79 Å². The van der Waals surface area contributed by atoms with E-state index in [2.05, 4.69) is 0 Å². The summed E-state index contributed by atoms with van der Waals surface area (Å²) < 4.78 is 5.81. The van der Waals surface area contributed by atoms with Crippen LogP contribution in [0.2, 0.25) is 0 Å². The zero-order valence-corrected chi connectivity index (χ0v) is 10.7. The van der Waals surface area contributed by atoms with Gasteiger partial charge >= 0.3 is 5.69 Å². The summed E-state index contributed by atoms with van der Waals surface area (Å²) in [5.74, 6) is 0. The molecule has 0 aliphatic carbocycles. The maximum atomic E-state index is 11.6. The van der Waals surface area contributed by atoms with Gasteiger partial charge in [0.1, 0.15) is 30.5 Å². The summed E-state index contributed by atoms with van der Waals surface area (Å²) >= 11 is 0. The number of rotatable bonds is 3. The van der Waals surface area contributed by atoms with Crippen molar-refractivity contribution in [3.05, 3.63) is 33.1 Å². The molecule has 10 nitrogen and oxygen atoms in total. The van der Waals surface area contributed by atoms with Crippen molar-refractivity contribution in [3.63, 3.8) is 0 Å². The number of H-pyrrole nitrogens is 1. The monoisotopic (exact) mass is 304 g/mol. The third-order valence-electron chi connectivity index (χ3n) is 3.36. The van der Waals surface area contributed by atoms with Crippen LogP contribution < -0.4 is 11.2 Å². The van der Waals surface area contributed by atoms with Crippen LogP contribution in [0.4, 0.5) is 0 Å². The van der Waals surface area contributed by atoms with Gasteiger partial charge in [-0.2, -0.15) is 0 Å². The molecule has 2 heterocycles. The summed E-state index contributed by atoms with van der Waals surface area (Å²) in [6.45, 7) is -0.658. The van der Waals surface area contributed by atoms with E-state index in [-0.39, 0.29) is 0 Å². The number of aromatic nitrogens is 2. The van der Waals surface area contributed by atoms with Crippen molar-refractivity contribution in [2.75, 3.05) is 6.61 Å². The molecule has 10 heteroatoms. The molecular formula is C11H16N2O8. The zero-order chi connectivity index (χ0) is 15.7. The lowest BCUT2D eigenvalue weighted by Crippen LogP contribution is -2.61. The summed E-state index contributed by atoms with van der Waals surface area (Å²) in [6.07, 6.45) is -8.37. The molecule has 1 fully saturated rings. The Bertz CT molecular complexity index is 596. The number of aliphatic hydroxyl groups excluding tert-OH is 5. The van der Waals surface area contributed by atoms with E-state index in [4.69, 9.17) is 9.84 Å². The van der Waals surface area contributed by atoms with Crippen LogP contribution in [-0.2, 0) is 4.74 Å². The molecule has 0 radical (unpaired) electrons. The molecule has 1 aliphatic rings. The van der Waals surface area contributed by atoms with E-state index in [1.54, 1.807) is 0 Å². The molecule has 1 unspecified atom stereocenters. The van der Waals surface area contributed by atoms with Crippen LogP contribution in [0.25, 0.3) is 0 Å². The van der Waals surface area contributed by atoms with Gasteiger partial charge in [0.15, 0.2) is 6.23 Å². The van der Waals surface area contributed by atoms with E-state index in [1.165, 1.54) is 0 Å². The first kappa shape index (κ1) is 15.8. The first-order valence-corrected chi connectivity index (χ1v) is 6.17. The van der Waals surface area contributed by atoms with E-state index in [0.717, 1.165) is 12.3 Å². The van der Waals surface area contributed by atoms with Crippen LogP contribution in [0.3, 0.4) is 0 Å². The summed E-state index contributed by atoms with van der Waals surface area (Å²) in [7, 11) is 0. The summed E-state index contributed by atoms with van der Waals surface area (Å²) in [5.41, 5.74) is -1.61. The lowest BCUT2D eigenvalue weighted by Gasteiger charge is -2.41. The molecule has 2 rings (SSSR count). The number of aliphatic hydroxyl groups is 5. The highest BCUT2D eigenvalue weighted by atomic mass is 16.6. The predicted octanol–water partition coefficient (Wildman–Crippen LogP) is -4.13. The fourth-order valence-corrected chi connectivity index (χ4v) is 2.17. The minimum atomic E-state index is -1.74. The van der Waals surface area contributed by atoms with Gasteiger partial charge in [0.25, 0.3) is 5.56 Å². The molecule has 1 aromatic rings. The smallest absolute Gasteiger partial charge is 0.330 e. The SMILES string of the molecule is O=c1ccn(C(O)[C@@H]2O[C@H](CO)[C@@H](O)[C@H](O)[C@H]2O)c(=O)[nH]1. The number of hydrogen-bond acceptors (Lipinski definition) is 8. The Morgan fingerprint density at radius 2 is 1.90 bits per heavy atom. The molecule has 0 saturated carbocycles. The maximum Gasteiger partial charge on any atom is 0.330 e. The minimum absolute atomic E-state index is 0.658. The lowest BCUT2D eigenvalue weighted by molar-refractivity contribution is -0.259. The van der Waals surface area contributed by atoms with E-state index < -0.39 is 54.6 Å². The van der Waals surface area contributed by atoms with Crippen molar-refractivity contribution in [1.82, 2.24) is 9.55 Å². The van der Waals surface area contributed by atoms with E-state index in [1.807, 2.05) is 4.98 Å². The van der Waals surface area contributed by atoms with E-state index in [0.29, 0.717) is 4.57 Å². The van der Waals surface area contributed by atoms with Gasteiger partial charge < -0.3 is 30.3 Å². The third kappa shape index (κ3) is 2.90. The molecule has 0 amide bonds. The van der Waals surface area contributed by atoms with E-state index >= 15 is 0 Å². The van der Waals surface area contributed by atoms with Crippen LogP contribution in [-0.4, -0.2) is 72.2 Å². The highest BCUT2D eigenvalue weighted by molar-refractivity contribution is 4.95. The van der Waals surface area contributed by atoms with Crippen molar-refractivity contribution < 1.29 is 30.3 Å². The topological polar surface area (TPSA) is 165 Å². The highest BCUT2D eigenvalue weighted by Gasteiger charge is 2.46. The molecule has 1 aliphatic heterocycles. The van der Waals surface area contributed by atoms with Crippen LogP contribution >= 0.6 is 0 Å². The number of nitrogens with one attached hydrogen (secondary N) is 1. The quantitative estimate of drug-likeness (QED) is 0.327. The van der Waals surface area contributed by atoms with Crippen molar-refractivity contribution in [1.29, 1.82) is 0 Å². The van der Waals surface area contributed by atoms with Gasteiger partial charge in [0.05, 0.1) is 6.61 Å². The third-order valence-corrected chi connectivity index (χ3v) is 3.36. The number of aromatic amines is 1. The Morgan fingerprint density at radius 1 is 1.24 bits per heavy atom. The van der Waals surface area contributed by atoms with Crippen LogP contribution in [0.1, 0.15) is 6.23 Å². The lowest BCUT2D eigenvalue weighted by atomic mass is 9.94. The molecule has 1 saturated heterocycles. The first-order valence-electron chi connectivity index (χ1n) is 6.17. The van der Waals surface area contributed by atoms with Crippen LogP contribution in [0.5, 0.6) is 0 Å². The normalized spacial score (nSPS) is 34.6. The van der Waals surface area contributed by atoms with E-state index in [9.17, 15) is 30.0 Å². The second-order valence-electron chi connectivity index (χ2n) is 4.72. The van der Waals surface area contributed by atoms with Gasteiger partial charge in [-0.1, -0.05) is 0 Å². The number of hydrogen-bond donors (Lipinski definition) is 6. The number of nitrogens with zero attached hydrogens (tertiary/aromatic N) is 1. The predicted molar refractivity (Wildman–Crippen MR) is 66.3 cm³/mol. The van der Waals surface area contributed by atoms with Gasteiger partial charge in [-0.15, -0.1) is 0 Å². The standard InChI is InChI=1S/C11H16N2O8/c14-3-4-6(16)7(17)8(18)9(21-4)10(19)13-2-1-5(15)12-11(13)20/h1-2,4,6-10,14,16-19H,3H2,(H,12,15,20)/t4-,6-,7+,8-,9-,10?/m1/s1. The molecule has 0 aromatic carbocycles. The number of ether oxygens (including phenoxy) is 1. The Hall–Kier alpha value is -1.56. The Balaban J connectivity index is 2.31. The van der Waals surface area contributed by atoms with Crippen molar-refractivity contribution in [2.45, 2.75) is 36.7 Å². The Morgan fingerprint density at radius 3 is 2.48 bits per heavy atom. The van der Waals surface area contributed by atoms with Crippen LogP contribution in [0.15, 0.2) is 21.9 Å². The fraction of sp³-hybridized carbons (Fsp3) is 0.636. The highest BCUT2D eigenvalue weighted by Crippen LogP contribution is 2.26. The van der Waals surface area contributed by atoms with Gasteiger partial charge in [-0.3, -0.25) is 14.3 Å². The van der Waals surface area contributed by atoms with Crippen molar-refractivity contribution in [2.24, 2.45) is 0 Å². The zero-order valence-electron chi connectivity index (χ0n) is 10.7. The second-order valence-corrected chi connectivity index (χ2v) is 4.72. The molecule has 1 aromatic heterocycles. The molecule has 6 N–H and O–H groups in total. The van der Waals surface area contributed by atoms with Crippen molar-refractivity contribution >= 4 is 0 Å².